The second-order valence-electron chi connectivity index (χ2n) is 3.31. The number of alkyl halides is 3. The monoisotopic (exact) mass is 227 g/mol. The maximum Gasteiger partial charge on any atom is 0.416 e. The average molecular weight is 227 g/mol. The first kappa shape index (κ1) is 12.2. The predicted octanol–water partition coefficient (Wildman–Crippen LogP) is 2.89. The van der Waals surface area contributed by atoms with Crippen LogP contribution in [0.4, 0.5) is 13.2 Å². The normalized spacial score (nSPS) is 10.9. The van der Waals surface area contributed by atoms with Crippen molar-refractivity contribution in [1.29, 1.82) is 5.26 Å². The topological polar surface area (TPSA) is 40.9 Å². The second kappa shape index (κ2) is 4.35. The van der Waals surface area contributed by atoms with E-state index >= 15 is 0 Å². The zero-order valence-corrected chi connectivity index (χ0v) is 8.43. The van der Waals surface area contributed by atoms with Gasteiger partial charge in [0.15, 0.2) is 0 Å². The fourth-order valence-electron chi connectivity index (χ4n) is 1.48. The molecule has 1 aromatic carbocycles. The van der Waals surface area contributed by atoms with E-state index in [1.807, 2.05) is 0 Å². The highest BCUT2D eigenvalue weighted by atomic mass is 19.4. The van der Waals surface area contributed by atoms with Gasteiger partial charge in [0.1, 0.15) is 6.29 Å². The summed E-state index contributed by atoms with van der Waals surface area (Å²) in [6.07, 6.45) is -4.51. The Morgan fingerprint density at radius 2 is 2.06 bits per heavy atom. The van der Waals surface area contributed by atoms with E-state index < -0.39 is 11.7 Å². The number of benzene rings is 1. The van der Waals surface area contributed by atoms with E-state index in [9.17, 15) is 18.0 Å². The molecule has 5 heteroatoms. The molecule has 0 fully saturated rings. The fraction of sp³-hybridized carbons (Fsp3) is 0.273. The van der Waals surface area contributed by atoms with Crippen LogP contribution in [-0.4, -0.2) is 6.29 Å². The van der Waals surface area contributed by atoms with Crippen LogP contribution in [0.1, 0.15) is 27.0 Å². The molecule has 0 amide bonds. The number of aldehydes is 1. The predicted molar refractivity (Wildman–Crippen MR) is 50.9 cm³/mol. The fourth-order valence-corrected chi connectivity index (χ4v) is 1.48. The van der Waals surface area contributed by atoms with E-state index in [1.165, 1.54) is 13.0 Å². The van der Waals surface area contributed by atoms with Gasteiger partial charge in [0, 0.05) is 5.56 Å². The molecule has 0 bridgehead atoms. The number of aryl methyl sites for hydroxylation is 1. The van der Waals surface area contributed by atoms with Gasteiger partial charge < -0.3 is 0 Å². The first-order valence-corrected chi connectivity index (χ1v) is 4.43. The first-order valence-electron chi connectivity index (χ1n) is 4.43. The summed E-state index contributed by atoms with van der Waals surface area (Å²) in [4.78, 5) is 10.5. The van der Waals surface area contributed by atoms with Gasteiger partial charge in [0.2, 0.25) is 0 Å². The van der Waals surface area contributed by atoms with Crippen molar-refractivity contribution in [2.45, 2.75) is 19.5 Å². The Labute approximate surface area is 90.3 Å². The highest BCUT2D eigenvalue weighted by Crippen LogP contribution is 2.34. The van der Waals surface area contributed by atoms with Gasteiger partial charge in [-0.25, -0.2) is 0 Å². The van der Waals surface area contributed by atoms with E-state index in [2.05, 4.69) is 0 Å². The Morgan fingerprint density at radius 1 is 1.44 bits per heavy atom. The molecule has 1 rings (SSSR count). The van der Waals surface area contributed by atoms with E-state index in [-0.39, 0.29) is 17.5 Å². The third-order valence-electron chi connectivity index (χ3n) is 2.19. The van der Waals surface area contributed by atoms with Crippen LogP contribution < -0.4 is 0 Å². The number of carbonyl (C=O) groups is 1. The minimum atomic E-state index is -4.55. The third kappa shape index (κ3) is 2.40. The van der Waals surface area contributed by atoms with Gasteiger partial charge in [-0.1, -0.05) is 0 Å². The van der Waals surface area contributed by atoms with Crippen molar-refractivity contribution in [3.8, 4) is 6.07 Å². The molecule has 0 aromatic heterocycles. The molecule has 0 aliphatic rings. The van der Waals surface area contributed by atoms with E-state index in [4.69, 9.17) is 5.26 Å². The van der Waals surface area contributed by atoms with Gasteiger partial charge in [-0.05, 0) is 30.2 Å². The van der Waals surface area contributed by atoms with Crippen molar-refractivity contribution >= 4 is 6.29 Å². The lowest BCUT2D eigenvalue weighted by Gasteiger charge is -2.14. The van der Waals surface area contributed by atoms with Crippen LogP contribution >= 0.6 is 0 Å². The van der Waals surface area contributed by atoms with Gasteiger partial charge in [-0.2, -0.15) is 18.4 Å². The maximum atomic E-state index is 12.6. The Morgan fingerprint density at radius 3 is 2.50 bits per heavy atom. The number of rotatable bonds is 2. The Bertz CT molecular complexity index is 458. The summed E-state index contributed by atoms with van der Waals surface area (Å²) in [5.41, 5.74) is -0.707. The summed E-state index contributed by atoms with van der Waals surface area (Å²) in [7, 11) is 0. The molecule has 16 heavy (non-hydrogen) atoms. The minimum absolute atomic E-state index is 0.0356. The summed E-state index contributed by atoms with van der Waals surface area (Å²) in [5, 5.41) is 8.47. The quantitative estimate of drug-likeness (QED) is 0.729. The summed E-state index contributed by atoms with van der Waals surface area (Å²) in [6, 6.07) is 3.80. The molecule has 2 nitrogen and oxygen atoms in total. The number of hydrogen-bond donors (Lipinski definition) is 0. The number of carbonyl (C=O) groups excluding carboxylic acids is 1. The van der Waals surface area contributed by atoms with Crippen molar-refractivity contribution in [3.63, 3.8) is 0 Å². The van der Waals surface area contributed by atoms with E-state index in [0.717, 1.165) is 6.07 Å². The molecule has 1 aromatic rings. The van der Waals surface area contributed by atoms with Crippen LogP contribution in [0, 0.1) is 18.3 Å². The zero-order chi connectivity index (χ0) is 12.3. The highest BCUT2D eigenvalue weighted by Gasteiger charge is 2.34. The summed E-state index contributed by atoms with van der Waals surface area (Å²) in [6.45, 7) is 1.45. The van der Waals surface area contributed by atoms with E-state index in [0.29, 0.717) is 11.8 Å². The summed E-state index contributed by atoms with van der Waals surface area (Å²) in [5.74, 6) is 0. The largest absolute Gasteiger partial charge is 0.416 e. The molecule has 0 aliphatic heterocycles. The van der Waals surface area contributed by atoms with Gasteiger partial charge in [0.05, 0.1) is 18.1 Å². The molecular weight excluding hydrogens is 219 g/mol. The third-order valence-corrected chi connectivity index (χ3v) is 2.19. The van der Waals surface area contributed by atoms with Crippen LogP contribution in [0.25, 0.3) is 0 Å². The summed E-state index contributed by atoms with van der Waals surface area (Å²) < 4.78 is 37.9. The van der Waals surface area contributed by atoms with Crippen LogP contribution in [0.2, 0.25) is 0 Å². The Balaban J connectivity index is 3.47. The molecule has 0 atom stereocenters. The lowest BCUT2D eigenvalue weighted by Crippen LogP contribution is -2.11. The van der Waals surface area contributed by atoms with Gasteiger partial charge in [-0.3, -0.25) is 4.79 Å². The smallest absolute Gasteiger partial charge is 0.298 e. The highest BCUT2D eigenvalue weighted by molar-refractivity contribution is 5.76. The Kier molecular flexibility index (Phi) is 3.33. The standard InChI is InChI=1S/C11H8F3NO/c1-7-4-8(6-16)5-10(11(12,13)14)9(7)2-3-15/h4-6H,2H2,1H3. The molecule has 0 radical (unpaired) electrons. The van der Waals surface area contributed by atoms with Crippen LogP contribution in [0.3, 0.4) is 0 Å². The molecular formula is C11H8F3NO. The number of hydrogen-bond acceptors (Lipinski definition) is 2. The second-order valence-corrected chi connectivity index (χ2v) is 3.31. The van der Waals surface area contributed by atoms with Crippen molar-refractivity contribution in [3.05, 3.63) is 34.4 Å². The zero-order valence-electron chi connectivity index (χ0n) is 8.43. The van der Waals surface area contributed by atoms with Crippen LogP contribution in [0.5, 0.6) is 0 Å². The van der Waals surface area contributed by atoms with Gasteiger partial charge >= 0.3 is 6.18 Å². The number of halogens is 3. The molecule has 0 N–H and O–H groups in total. The van der Waals surface area contributed by atoms with Gasteiger partial charge in [0.25, 0.3) is 0 Å². The molecule has 0 saturated carbocycles. The number of nitrogens with zero attached hydrogens (tertiary/aromatic N) is 1. The lowest BCUT2D eigenvalue weighted by molar-refractivity contribution is -0.138. The molecule has 84 valence electrons. The number of nitriles is 1. The average Bonchev–Trinajstić information content (AvgIpc) is 2.19. The van der Waals surface area contributed by atoms with Crippen molar-refractivity contribution < 1.29 is 18.0 Å². The van der Waals surface area contributed by atoms with Crippen LogP contribution in [0.15, 0.2) is 12.1 Å². The van der Waals surface area contributed by atoms with E-state index in [1.54, 1.807) is 6.07 Å². The first-order chi connectivity index (χ1) is 7.40. The molecule has 0 heterocycles. The SMILES string of the molecule is Cc1cc(C=O)cc(C(F)(F)F)c1CC#N. The lowest BCUT2D eigenvalue weighted by atomic mass is 9.96. The van der Waals surface area contributed by atoms with Crippen molar-refractivity contribution in [2.75, 3.05) is 0 Å². The van der Waals surface area contributed by atoms with Crippen molar-refractivity contribution in [2.24, 2.45) is 0 Å². The Hall–Kier alpha value is -1.83. The van der Waals surface area contributed by atoms with Crippen molar-refractivity contribution in [1.82, 2.24) is 0 Å². The molecule has 0 saturated heterocycles. The molecule has 0 unspecified atom stereocenters. The summed E-state index contributed by atoms with van der Waals surface area (Å²) >= 11 is 0. The minimum Gasteiger partial charge on any atom is -0.298 e. The van der Waals surface area contributed by atoms with Crippen LogP contribution in [-0.2, 0) is 12.6 Å². The molecule has 0 aliphatic carbocycles. The molecule has 0 spiro atoms. The van der Waals surface area contributed by atoms with Gasteiger partial charge in [-0.15, -0.1) is 0 Å². The maximum absolute atomic E-state index is 12.6.